The van der Waals surface area contributed by atoms with Gasteiger partial charge in [0.15, 0.2) is 0 Å². The van der Waals surface area contributed by atoms with Crippen LogP contribution in [0.5, 0.6) is 0 Å². The number of urea groups is 1. The number of rotatable bonds is 7. The van der Waals surface area contributed by atoms with E-state index in [-0.39, 0.29) is 6.03 Å². The molecule has 1 heterocycles. The van der Waals surface area contributed by atoms with Gasteiger partial charge in [-0.3, -0.25) is 0 Å². The van der Waals surface area contributed by atoms with Gasteiger partial charge in [-0.1, -0.05) is 29.8 Å². The van der Waals surface area contributed by atoms with Crippen molar-refractivity contribution in [2.24, 2.45) is 5.92 Å². The van der Waals surface area contributed by atoms with Crippen LogP contribution in [0.2, 0.25) is 5.02 Å². The highest BCUT2D eigenvalue weighted by atomic mass is 35.5. The number of piperidine rings is 1. The second-order valence-electron chi connectivity index (χ2n) is 7.55. The van der Waals surface area contributed by atoms with Gasteiger partial charge >= 0.3 is 6.03 Å². The lowest BCUT2D eigenvalue weighted by Gasteiger charge is -2.32. The highest BCUT2D eigenvalue weighted by Crippen LogP contribution is 2.23. The van der Waals surface area contributed by atoms with Gasteiger partial charge in [0, 0.05) is 17.3 Å². The van der Waals surface area contributed by atoms with Crippen molar-refractivity contribution >= 4 is 23.3 Å². The maximum absolute atomic E-state index is 12.0. The normalized spacial score (nSPS) is 14.9. The molecule has 29 heavy (non-hydrogen) atoms. The van der Waals surface area contributed by atoms with Crippen LogP contribution < -0.4 is 10.6 Å². The Morgan fingerprint density at radius 1 is 1.17 bits per heavy atom. The molecule has 0 aliphatic carbocycles. The minimum atomic E-state index is -0.236. The fourth-order valence-electron chi connectivity index (χ4n) is 3.76. The summed E-state index contributed by atoms with van der Waals surface area (Å²) in [6.07, 6.45) is 4.43. The summed E-state index contributed by atoms with van der Waals surface area (Å²) in [6, 6.07) is 16.9. The molecular weight excluding hydrogens is 384 g/mol. The van der Waals surface area contributed by atoms with Gasteiger partial charge in [0.2, 0.25) is 0 Å². The van der Waals surface area contributed by atoms with E-state index in [0.717, 1.165) is 43.4 Å². The van der Waals surface area contributed by atoms with Crippen LogP contribution in [0.4, 0.5) is 10.5 Å². The van der Waals surface area contributed by atoms with E-state index >= 15 is 0 Å². The number of nitrogens with one attached hydrogen (secondary N) is 2. The Labute approximate surface area is 177 Å². The van der Waals surface area contributed by atoms with Crippen LogP contribution in [0.3, 0.4) is 0 Å². The molecule has 1 aliphatic heterocycles. The van der Waals surface area contributed by atoms with Crippen LogP contribution in [0.25, 0.3) is 0 Å². The van der Waals surface area contributed by atoms with E-state index in [4.69, 9.17) is 16.9 Å². The Morgan fingerprint density at radius 3 is 2.72 bits per heavy atom. The average molecular weight is 411 g/mol. The number of amides is 2. The number of hydrogen-bond acceptors (Lipinski definition) is 3. The van der Waals surface area contributed by atoms with Gasteiger partial charge < -0.3 is 15.5 Å². The summed E-state index contributed by atoms with van der Waals surface area (Å²) in [7, 11) is 0. The third-order valence-electron chi connectivity index (χ3n) is 5.31. The number of anilines is 1. The first kappa shape index (κ1) is 21.2. The quantitative estimate of drug-likeness (QED) is 0.651. The predicted octanol–water partition coefficient (Wildman–Crippen LogP) is 4.68. The average Bonchev–Trinajstić information content (AvgIpc) is 2.72. The van der Waals surface area contributed by atoms with Gasteiger partial charge in [0.1, 0.15) is 0 Å². The van der Waals surface area contributed by atoms with Gasteiger partial charge in [-0.05, 0) is 87.1 Å². The van der Waals surface area contributed by atoms with Crippen molar-refractivity contribution in [3.63, 3.8) is 0 Å². The molecule has 1 saturated heterocycles. The highest BCUT2D eigenvalue weighted by Gasteiger charge is 2.19. The van der Waals surface area contributed by atoms with Crippen molar-refractivity contribution in [1.29, 1.82) is 5.26 Å². The number of nitrogens with zero attached hydrogens (tertiary/aromatic N) is 2. The van der Waals surface area contributed by atoms with E-state index in [1.807, 2.05) is 12.1 Å². The molecule has 0 saturated carbocycles. The zero-order valence-electron chi connectivity index (χ0n) is 16.5. The second kappa shape index (κ2) is 10.8. The molecule has 1 fully saturated rings. The summed E-state index contributed by atoms with van der Waals surface area (Å²) in [4.78, 5) is 14.5. The molecule has 2 N–H and O–H groups in total. The number of hydrogen-bond donors (Lipinski definition) is 2. The molecule has 0 aromatic heterocycles. The molecule has 0 unspecified atom stereocenters. The third kappa shape index (κ3) is 7.08. The summed E-state index contributed by atoms with van der Waals surface area (Å²) in [5.74, 6) is 0.720. The van der Waals surface area contributed by atoms with Crippen LogP contribution >= 0.6 is 11.6 Å². The minimum absolute atomic E-state index is 0.236. The zero-order valence-corrected chi connectivity index (χ0v) is 17.3. The largest absolute Gasteiger partial charge is 0.338 e. The SMILES string of the molecule is N#Cc1cccc(NC(=O)NCCCN2CCC(Cc3cccc(Cl)c3)CC2)c1. The summed E-state index contributed by atoms with van der Waals surface area (Å²) >= 11 is 6.08. The minimum Gasteiger partial charge on any atom is -0.338 e. The number of carbonyl (C=O) groups is 1. The Balaban J connectivity index is 1.29. The molecule has 2 aromatic rings. The number of benzene rings is 2. The molecule has 2 aromatic carbocycles. The molecule has 1 aliphatic rings. The monoisotopic (exact) mass is 410 g/mol. The van der Waals surface area contributed by atoms with Gasteiger partial charge in [0.25, 0.3) is 0 Å². The molecule has 5 nitrogen and oxygen atoms in total. The summed E-state index contributed by atoms with van der Waals surface area (Å²) in [6.45, 7) is 3.84. The number of likely N-dealkylation sites (tertiary alicyclic amines) is 1. The van der Waals surface area contributed by atoms with Gasteiger partial charge in [0.05, 0.1) is 11.6 Å². The summed E-state index contributed by atoms with van der Waals surface area (Å²) < 4.78 is 0. The van der Waals surface area contributed by atoms with Crippen LogP contribution in [0, 0.1) is 17.2 Å². The van der Waals surface area contributed by atoms with Crippen molar-refractivity contribution in [3.05, 3.63) is 64.7 Å². The topological polar surface area (TPSA) is 68.2 Å². The van der Waals surface area contributed by atoms with E-state index in [1.54, 1.807) is 24.3 Å². The number of carbonyl (C=O) groups excluding carboxylic acids is 1. The lowest BCUT2D eigenvalue weighted by Crippen LogP contribution is -2.37. The Kier molecular flexibility index (Phi) is 7.92. The molecular formula is C23H27ClN4O. The standard InChI is InChI=1S/C23H27ClN4O/c24-21-6-1-4-19(15-21)14-18-8-12-28(13-9-18)11-3-10-26-23(29)27-22-7-2-5-20(16-22)17-25/h1-2,4-7,15-16,18H,3,8-14H2,(H2,26,27,29). The lowest BCUT2D eigenvalue weighted by molar-refractivity contribution is 0.182. The van der Waals surface area contributed by atoms with Crippen LogP contribution in [-0.2, 0) is 6.42 Å². The molecule has 0 bridgehead atoms. The van der Waals surface area contributed by atoms with E-state index in [9.17, 15) is 4.79 Å². The van der Waals surface area contributed by atoms with Crippen molar-refractivity contribution in [2.45, 2.75) is 25.7 Å². The Hall–Kier alpha value is -2.55. The van der Waals surface area contributed by atoms with Crippen molar-refractivity contribution in [3.8, 4) is 6.07 Å². The fraction of sp³-hybridized carbons (Fsp3) is 0.391. The first-order chi connectivity index (χ1) is 14.1. The number of halogens is 1. The van der Waals surface area contributed by atoms with Gasteiger partial charge in [-0.2, -0.15) is 5.26 Å². The van der Waals surface area contributed by atoms with E-state index in [0.29, 0.717) is 17.8 Å². The first-order valence-electron chi connectivity index (χ1n) is 10.1. The Morgan fingerprint density at radius 2 is 1.97 bits per heavy atom. The first-order valence-corrected chi connectivity index (χ1v) is 10.5. The van der Waals surface area contributed by atoms with Gasteiger partial charge in [-0.25, -0.2) is 4.79 Å². The molecule has 152 valence electrons. The second-order valence-corrected chi connectivity index (χ2v) is 7.98. The summed E-state index contributed by atoms with van der Waals surface area (Å²) in [5, 5.41) is 15.4. The molecule has 6 heteroatoms. The molecule has 3 rings (SSSR count). The fourth-order valence-corrected chi connectivity index (χ4v) is 3.97. The molecule has 0 spiro atoms. The van der Waals surface area contributed by atoms with Crippen molar-refractivity contribution < 1.29 is 4.79 Å². The highest BCUT2D eigenvalue weighted by molar-refractivity contribution is 6.30. The predicted molar refractivity (Wildman–Crippen MR) is 117 cm³/mol. The van der Waals surface area contributed by atoms with Crippen molar-refractivity contribution in [1.82, 2.24) is 10.2 Å². The summed E-state index contributed by atoms with van der Waals surface area (Å²) in [5.41, 5.74) is 2.48. The maximum Gasteiger partial charge on any atom is 0.319 e. The van der Waals surface area contributed by atoms with E-state index in [1.165, 1.54) is 18.4 Å². The molecule has 2 amide bonds. The lowest BCUT2D eigenvalue weighted by atomic mass is 9.90. The van der Waals surface area contributed by atoms with Crippen LogP contribution in [-0.4, -0.2) is 37.1 Å². The molecule has 0 atom stereocenters. The number of nitriles is 1. The maximum atomic E-state index is 12.0. The van der Waals surface area contributed by atoms with E-state index < -0.39 is 0 Å². The van der Waals surface area contributed by atoms with Gasteiger partial charge in [-0.15, -0.1) is 0 Å². The van der Waals surface area contributed by atoms with Crippen LogP contribution in [0.1, 0.15) is 30.4 Å². The van der Waals surface area contributed by atoms with Crippen LogP contribution in [0.15, 0.2) is 48.5 Å². The third-order valence-corrected chi connectivity index (χ3v) is 5.54. The van der Waals surface area contributed by atoms with E-state index in [2.05, 4.69) is 33.7 Å². The Bertz CT molecular complexity index is 856. The van der Waals surface area contributed by atoms with Crippen molar-refractivity contribution in [2.75, 3.05) is 31.5 Å². The smallest absolute Gasteiger partial charge is 0.319 e. The molecule has 0 radical (unpaired) electrons. The zero-order chi connectivity index (χ0) is 20.5.